The van der Waals surface area contributed by atoms with Gasteiger partial charge in [-0.2, -0.15) is 0 Å². The van der Waals surface area contributed by atoms with Gasteiger partial charge in [-0.15, -0.1) is 11.3 Å². The molecule has 0 spiro atoms. The van der Waals surface area contributed by atoms with Gasteiger partial charge in [0.05, 0.1) is 24.9 Å². The van der Waals surface area contributed by atoms with Crippen LogP contribution in [0.2, 0.25) is 0 Å². The first-order valence-electron chi connectivity index (χ1n) is 5.42. The first kappa shape index (κ1) is 14.3. The summed E-state index contributed by atoms with van der Waals surface area (Å²) in [5.41, 5.74) is 0.0584. The second-order valence-electron chi connectivity index (χ2n) is 3.77. The van der Waals surface area contributed by atoms with Crippen LogP contribution in [0, 0.1) is 17.5 Å². The van der Waals surface area contributed by atoms with Crippen LogP contribution in [0.4, 0.5) is 24.0 Å². The lowest BCUT2D eigenvalue weighted by Gasteiger charge is -2.05. The highest BCUT2D eigenvalue weighted by Crippen LogP contribution is 2.25. The van der Waals surface area contributed by atoms with Crippen LogP contribution in [0.25, 0.3) is 0 Å². The molecule has 0 saturated carbocycles. The maximum absolute atomic E-state index is 13.4. The Morgan fingerprint density at radius 1 is 1.40 bits per heavy atom. The fourth-order valence-electron chi connectivity index (χ4n) is 1.43. The van der Waals surface area contributed by atoms with Gasteiger partial charge in [-0.25, -0.2) is 18.2 Å². The van der Waals surface area contributed by atoms with E-state index in [1.807, 2.05) is 0 Å². The molecule has 0 aliphatic rings. The molecule has 1 aromatic heterocycles. The normalized spacial score (nSPS) is 10.4. The summed E-state index contributed by atoms with van der Waals surface area (Å²) in [6.45, 7) is 0. The van der Waals surface area contributed by atoms with Crippen LogP contribution in [0.15, 0.2) is 17.5 Å². The van der Waals surface area contributed by atoms with E-state index in [-0.39, 0.29) is 17.2 Å². The van der Waals surface area contributed by atoms with Crippen molar-refractivity contribution in [3.8, 4) is 0 Å². The highest BCUT2D eigenvalue weighted by molar-refractivity contribution is 7.13. The molecule has 0 fully saturated rings. The SMILES string of the molecule is COC(=O)Cc1csc(Nc2cc(F)cc(F)c2F)n1. The Balaban J connectivity index is 2.17. The number of aromatic nitrogens is 1. The van der Waals surface area contributed by atoms with Crippen molar-refractivity contribution in [2.24, 2.45) is 0 Å². The molecule has 2 aromatic rings. The van der Waals surface area contributed by atoms with Gasteiger partial charge in [0.25, 0.3) is 0 Å². The number of benzene rings is 1. The zero-order valence-electron chi connectivity index (χ0n) is 10.2. The number of hydrogen-bond donors (Lipinski definition) is 1. The lowest BCUT2D eigenvalue weighted by atomic mass is 10.3. The number of carbonyl (C=O) groups excluding carboxylic acids is 1. The van der Waals surface area contributed by atoms with E-state index in [0.29, 0.717) is 11.8 Å². The third kappa shape index (κ3) is 3.27. The maximum Gasteiger partial charge on any atom is 0.311 e. The van der Waals surface area contributed by atoms with E-state index in [9.17, 15) is 18.0 Å². The molecule has 0 bridgehead atoms. The van der Waals surface area contributed by atoms with Crippen LogP contribution in [-0.2, 0) is 16.0 Å². The van der Waals surface area contributed by atoms with Crippen molar-refractivity contribution >= 4 is 28.1 Å². The minimum absolute atomic E-state index is 0.0331. The van der Waals surface area contributed by atoms with E-state index in [4.69, 9.17) is 0 Å². The smallest absolute Gasteiger partial charge is 0.311 e. The fraction of sp³-hybridized carbons (Fsp3) is 0.167. The summed E-state index contributed by atoms with van der Waals surface area (Å²) in [5, 5.41) is 4.24. The minimum Gasteiger partial charge on any atom is -0.469 e. The van der Waals surface area contributed by atoms with Crippen LogP contribution in [0.5, 0.6) is 0 Å². The van der Waals surface area contributed by atoms with Gasteiger partial charge in [0, 0.05) is 17.5 Å². The molecular formula is C12H9F3N2O2S. The molecule has 0 aliphatic heterocycles. The van der Waals surface area contributed by atoms with Gasteiger partial charge < -0.3 is 10.1 Å². The number of anilines is 2. The molecule has 1 heterocycles. The summed E-state index contributed by atoms with van der Waals surface area (Å²) < 4.78 is 44.0. The number of thiazole rings is 1. The summed E-state index contributed by atoms with van der Waals surface area (Å²) in [6.07, 6.45) is -0.0331. The summed E-state index contributed by atoms with van der Waals surface area (Å²) in [6, 6.07) is 1.27. The Kier molecular flexibility index (Phi) is 4.23. The number of nitrogens with one attached hydrogen (secondary N) is 1. The van der Waals surface area contributed by atoms with Crippen molar-refractivity contribution in [1.29, 1.82) is 0 Å². The van der Waals surface area contributed by atoms with Gasteiger partial charge in [0.15, 0.2) is 16.8 Å². The number of halogens is 3. The van der Waals surface area contributed by atoms with Gasteiger partial charge in [-0.3, -0.25) is 4.79 Å². The number of carbonyl (C=O) groups is 1. The molecule has 0 atom stereocenters. The monoisotopic (exact) mass is 302 g/mol. The van der Waals surface area contributed by atoms with E-state index in [1.165, 1.54) is 7.11 Å². The van der Waals surface area contributed by atoms with Gasteiger partial charge in [-0.1, -0.05) is 0 Å². The third-order valence-electron chi connectivity index (χ3n) is 2.34. The zero-order chi connectivity index (χ0) is 14.7. The van der Waals surface area contributed by atoms with Gasteiger partial charge in [0.1, 0.15) is 5.82 Å². The highest BCUT2D eigenvalue weighted by Gasteiger charge is 2.13. The number of methoxy groups -OCH3 is 1. The largest absolute Gasteiger partial charge is 0.469 e. The molecule has 4 nitrogen and oxygen atoms in total. The quantitative estimate of drug-likeness (QED) is 0.697. The van der Waals surface area contributed by atoms with E-state index in [0.717, 1.165) is 17.4 Å². The summed E-state index contributed by atoms with van der Waals surface area (Å²) in [4.78, 5) is 15.0. The Morgan fingerprint density at radius 2 is 2.15 bits per heavy atom. The van der Waals surface area contributed by atoms with Crippen molar-refractivity contribution in [3.05, 3.63) is 40.7 Å². The number of ether oxygens (including phenoxy) is 1. The second-order valence-corrected chi connectivity index (χ2v) is 4.63. The van der Waals surface area contributed by atoms with Crippen molar-refractivity contribution < 1.29 is 22.7 Å². The molecule has 0 unspecified atom stereocenters. The Morgan fingerprint density at radius 3 is 2.85 bits per heavy atom. The topological polar surface area (TPSA) is 51.2 Å². The molecule has 1 N–H and O–H groups in total. The van der Waals surface area contributed by atoms with Crippen molar-refractivity contribution in [2.45, 2.75) is 6.42 Å². The first-order chi connectivity index (χ1) is 9.49. The van der Waals surface area contributed by atoms with Gasteiger partial charge in [0.2, 0.25) is 0 Å². The van der Waals surface area contributed by atoms with Gasteiger partial charge >= 0.3 is 5.97 Å². The lowest BCUT2D eigenvalue weighted by molar-refractivity contribution is -0.139. The predicted molar refractivity (Wildman–Crippen MR) is 67.4 cm³/mol. The van der Waals surface area contributed by atoms with E-state index < -0.39 is 23.4 Å². The molecule has 0 saturated heterocycles. The number of esters is 1. The lowest BCUT2D eigenvalue weighted by Crippen LogP contribution is -2.04. The molecule has 0 amide bonds. The Labute approximate surface area is 116 Å². The van der Waals surface area contributed by atoms with Crippen LogP contribution < -0.4 is 5.32 Å². The van der Waals surface area contributed by atoms with Crippen molar-refractivity contribution in [1.82, 2.24) is 4.98 Å². The molecule has 0 radical (unpaired) electrons. The average Bonchev–Trinajstić information content (AvgIpc) is 2.82. The number of hydrogen-bond acceptors (Lipinski definition) is 5. The van der Waals surface area contributed by atoms with Crippen LogP contribution in [0.1, 0.15) is 5.69 Å². The Hall–Kier alpha value is -2.09. The number of rotatable bonds is 4. The molecule has 8 heteroatoms. The van der Waals surface area contributed by atoms with Crippen LogP contribution >= 0.6 is 11.3 Å². The second kappa shape index (κ2) is 5.91. The average molecular weight is 302 g/mol. The van der Waals surface area contributed by atoms with Crippen LogP contribution in [0.3, 0.4) is 0 Å². The van der Waals surface area contributed by atoms with Gasteiger partial charge in [-0.05, 0) is 0 Å². The number of nitrogens with zero attached hydrogens (tertiary/aromatic N) is 1. The Bertz CT molecular complexity index is 646. The molecule has 106 valence electrons. The molecular weight excluding hydrogens is 293 g/mol. The fourth-order valence-corrected chi connectivity index (χ4v) is 2.15. The summed E-state index contributed by atoms with van der Waals surface area (Å²) in [7, 11) is 1.25. The van der Waals surface area contributed by atoms with E-state index >= 15 is 0 Å². The highest BCUT2D eigenvalue weighted by atomic mass is 32.1. The first-order valence-corrected chi connectivity index (χ1v) is 6.30. The summed E-state index contributed by atoms with van der Waals surface area (Å²) >= 11 is 1.08. The molecule has 0 aliphatic carbocycles. The van der Waals surface area contributed by atoms with Crippen molar-refractivity contribution in [2.75, 3.05) is 12.4 Å². The predicted octanol–water partition coefficient (Wildman–Crippen LogP) is 3.02. The zero-order valence-corrected chi connectivity index (χ0v) is 11.1. The van der Waals surface area contributed by atoms with Crippen LogP contribution in [-0.4, -0.2) is 18.1 Å². The molecule has 20 heavy (non-hydrogen) atoms. The van der Waals surface area contributed by atoms with E-state index in [2.05, 4.69) is 15.0 Å². The third-order valence-corrected chi connectivity index (χ3v) is 3.15. The minimum atomic E-state index is -1.29. The molecule has 1 aromatic carbocycles. The standard InChI is InChI=1S/C12H9F3N2O2S/c1-19-10(18)4-7-5-20-12(16-7)17-9-3-6(13)2-8(14)11(9)15/h2-3,5H,4H2,1H3,(H,16,17). The van der Waals surface area contributed by atoms with E-state index in [1.54, 1.807) is 5.38 Å². The molecule has 2 rings (SSSR count). The maximum atomic E-state index is 13.4. The summed E-state index contributed by atoms with van der Waals surface area (Å²) in [5.74, 6) is -3.86. The van der Waals surface area contributed by atoms with Crippen molar-refractivity contribution in [3.63, 3.8) is 0 Å².